The van der Waals surface area contributed by atoms with Gasteiger partial charge in [-0.05, 0) is 25.0 Å². The zero-order valence-corrected chi connectivity index (χ0v) is 8.62. The molecule has 0 aromatic carbocycles. The van der Waals surface area contributed by atoms with Gasteiger partial charge in [0.15, 0.2) is 0 Å². The summed E-state index contributed by atoms with van der Waals surface area (Å²) in [5.74, 6) is 1.89. The molecule has 3 heteroatoms. The van der Waals surface area contributed by atoms with Gasteiger partial charge in [-0.3, -0.25) is 0 Å². The minimum atomic E-state index is 0.502. The van der Waals surface area contributed by atoms with Crippen LogP contribution in [0.1, 0.15) is 12.7 Å². The Kier molecular flexibility index (Phi) is 3.22. The van der Waals surface area contributed by atoms with Crippen LogP contribution in [0.5, 0.6) is 0 Å². The van der Waals surface area contributed by atoms with Gasteiger partial charge in [-0.2, -0.15) is 0 Å². The third-order valence-electron chi connectivity index (χ3n) is 2.71. The lowest BCUT2D eigenvalue weighted by Crippen LogP contribution is -2.48. The standard InChI is InChI=1S/C11H18N2O/c1-9(5-11-3-2-4-14-11)13-8-10-6-12-7-10/h2-4,9-10,12-13H,5-8H2,1H3. The van der Waals surface area contributed by atoms with Crippen molar-refractivity contribution in [1.29, 1.82) is 0 Å². The van der Waals surface area contributed by atoms with Crippen LogP contribution in [0, 0.1) is 5.92 Å². The zero-order valence-electron chi connectivity index (χ0n) is 8.62. The molecule has 1 saturated heterocycles. The fourth-order valence-corrected chi connectivity index (χ4v) is 1.66. The number of hydrogen-bond acceptors (Lipinski definition) is 3. The summed E-state index contributed by atoms with van der Waals surface area (Å²) in [6.45, 7) is 5.66. The van der Waals surface area contributed by atoms with Crippen LogP contribution in [0.4, 0.5) is 0 Å². The Morgan fingerprint density at radius 3 is 3.07 bits per heavy atom. The van der Waals surface area contributed by atoms with E-state index in [1.54, 1.807) is 6.26 Å². The molecule has 0 saturated carbocycles. The first-order chi connectivity index (χ1) is 6.84. The minimum absolute atomic E-state index is 0.502. The van der Waals surface area contributed by atoms with E-state index in [1.165, 1.54) is 13.1 Å². The molecule has 0 amide bonds. The molecule has 1 fully saturated rings. The van der Waals surface area contributed by atoms with Gasteiger partial charge in [0.2, 0.25) is 0 Å². The van der Waals surface area contributed by atoms with Gasteiger partial charge in [-0.1, -0.05) is 0 Å². The Hall–Kier alpha value is -0.800. The Bertz CT molecular complexity index is 254. The fraction of sp³-hybridized carbons (Fsp3) is 0.636. The van der Waals surface area contributed by atoms with Crippen molar-refractivity contribution in [2.75, 3.05) is 19.6 Å². The molecule has 1 aromatic heterocycles. The Labute approximate surface area is 84.9 Å². The molecule has 0 spiro atoms. The molecule has 2 heterocycles. The van der Waals surface area contributed by atoms with Crippen LogP contribution >= 0.6 is 0 Å². The van der Waals surface area contributed by atoms with Crippen LogP contribution in [0.2, 0.25) is 0 Å². The first kappa shape index (κ1) is 9.74. The van der Waals surface area contributed by atoms with Crippen LogP contribution < -0.4 is 10.6 Å². The summed E-state index contributed by atoms with van der Waals surface area (Å²) in [6, 6.07) is 4.47. The minimum Gasteiger partial charge on any atom is -0.469 e. The van der Waals surface area contributed by atoms with E-state index in [-0.39, 0.29) is 0 Å². The average molecular weight is 194 g/mol. The van der Waals surface area contributed by atoms with Crippen molar-refractivity contribution >= 4 is 0 Å². The third kappa shape index (κ3) is 2.59. The Morgan fingerprint density at radius 2 is 2.50 bits per heavy atom. The lowest BCUT2D eigenvalue weighted by Gasteiger charge is -2.28. The predicted molar refractivity (Wildman–Crippen MR) is 56.2 cm³/mol. The highest BCUT2D eigenvalue weighted by molar-refractivity contribution is 5.00. The van der Waals surface area contributed by atoms with E-state index in [1.807, 2.05) is 12.1 Å². The summed E-state index contributed by atoms with van der Waals surface area (Å²) in [5.41, 5.74) is 0. The number of rotatable bonds is 5. The first-order valence-corrected chi connectivity index (χ1v) is 5.31. The van der Waals surface area contributed by atoms with Crippen molar-refractivity contribution in [1.82, 2.24) is 10.6 Å². The fourth-order valence-electron chi connectivity index (χ4n) is 1.66. The maximum atomic E-state index is 5.30. The lowest BCUT2D eigenvalue weighted by molar-refractivity contribution is 0.316. The van der Waals surface area contributed by atoms with E-state index < -0.39 is 0 Å². The maximum absolute atomic E-state index is 5.30. The van der Waals surface area contributed by atoms with Gasteiger partial charge in [0.1, 0.15) is 5.76 Å². The monoisotopic (exact) mass is 194 g/mol. The molecule has 1 aliphatic rings. The summed E-state index contributed by atoms with van der Waals surface area (Å²) in [7, 11) is 0. The SMILES string of the molecule is CC(Cc1ccco1)NCC1CNC1. The van der Waals surface area contributed by atoms with E-state index in [0.29, 0.717) is 6.04 Å². The van der Waals surface area contributed by atoms with Crippen molar-refractivity contribution in [2.45, 2.75) is 19.4 Å². The second-order valence-corrected chi connectivity index (χ2v) is 4.12. The summed E-state index contributed by atoms with van der Waals surface area (Å²) >= 11 is 0. The molecule has 0 bridgehead atoms. The number of furan rings is 1. The molecular formula is C11H18N2O. The lowest BCUT2D eigenvalue weighted by atomic mass is 10.0. The molecule has 2 rings (SSSR count). The molecule has 0 radical (unpaired) electrons. The summed E-state index contributed by atoms with van der Waals surface area (Å²) in [4.78, 5) is 0. The van der Waals surface area contributed by atoms with Crippen molar-refractivity contribution in [3.05, 3.63) is 24.2 Å². The second kappa shape index (κ2) is 4.62. The summed E-state index contributed by atoms with van der Waals surface area (Å²) in [5, 5.41) is 6.79. The molecule has 1 aliphatic heterocycles. The van der Waals surface area contributed by atoms with Crippen LogP contribution in [0.3, 0.4) is 0 Å². The Balaban J connectivity index is 1.65. The largest absolute Gasteiger partial charge is 0.469 e. The number of hydrogen-bond donors (Lipinski definition) is 2. The summed E-state index contributed by atoms with van der Waals surface area (Å²) < 4.78 is 5.30. The molecule has 78 valence electrons. The molecule has 1 atom stereocenters. The molecule has 1 unspecified atom stereocenters. The van der Waals surface area contributed by atoms with E-state index in [4.69, 9.17) is 4.42 Å². The van der Waals surface area contributed by atoms with Gasteiger partial charge >= 0.3 is 0 Å². The molecule has 0 aliphatic carbocycles. The van der Waals surface area contributed by atoms with Gasteiger partial charge < -0.3 is 15.1 Å². The molecular weight excluding hydrogens is 176 g/mol. The van der Waals surface area contributed by atoms with E-state index in [2.05, 4.69) is 17.6 Å². The average Bonchev–Trinajstić information content (AvgIpc) is 2.54. The molecule has 14 heavy (non-hydrogen) atoms. The van der Waals surface area contributed by atoms with E-state index >= 15 is 0 Å². The zero-order chi connectivity index (χ0) is 9.80. The quantitative estimate of drug-likeness (QED) is 0.735. The first-order valence-electron chi connectivity index (χ1n) is 5.31. The topological polar surface area (TPSA) is 37.2 Å². The third-order valence-corrected chi connectivity index (χ3v) is 2.71. The summed E-state index contributed by atoms with van der Waals surface area (Å²) in [6.07, 6.45) is 2.71. The van der Waals surface area contributed by atoms with Crippen LogP contribution in [-0.4, -0.2) is 25.7 Å². The van der Waals surface area contributed by atoms with Crippen molar-refractivity contribution < 1.29 is 4.42 Å². The van der Waals surface area contributed by atoms with Crippen LogP contribution in [0.15, 0.2) is 22.8 Å². The van der Waals surface area contributed by atoms with Crippen molar-refractivity contribution in [3.8, 4) is 0 Å². The van der Waals surface area contributed by atoms with Gasteiger partial charge in [-0.15, -0.1) is 0 Å². The van der Waals surface area contributed by atoms with Crippen molar-refractivity contribution in [3.63, 3.8) is 0 Å². The van der Waals surface area contributed by atoms with Gasteiger partial charge in [-0.25, -0.2) is 0 Å². The van der Waals surface area contributed by atoms with Crippen LogP contribution in [0.25, 0.3) is 0 Å². The highest BCUT2D eigenvalue weighted by Gasteiger charge is 2.17. The normalized spacial score (nSPS) is 19.2. The predicted octanol–water partition coefficient (Wildman–Crippen LogP) is 1.02. The van der Waals surface area contributed by atoms with Crippen molar-refractivity contribution in [2.24, 2.45) is 5.92 Å². The van der Waals surface area contributed by atoms with Gasteiger partial charge in [0.05, 0.1) is 6.26 Å². The van der Waals surface area contributed by atoms with E-state index in [9.17, 15) is 0 Å². The van der Waals surface area contributed by atoms with Gasteiger partial charge in [0, 0.05) is 32.1 Å². The highest BCUT2D eigenvalue weighted by atomic mass is 16.3. The second-order valence-electron chi connectivity index (χ2n) is 4.12. The molecule has 2 N–H and O–H groups in total. The maximum Gasteiger partial charge on any atom is 0.105 e. The molecule has 3 nitrogen and oxygen atoms in total. The van der Waals surface area contributed by atoms with E-state index in [0.717, 1.165) is 24.6 Å². The van der Waals surface area contributed by atoms with Gasteiger partial charge in [0.25, 0.3) is 0 Å². The van der Waals surface area contributed by atoms with Crippen LogP contribution in [-0.2, 0) is 6.42 Å². The molecule has 1 aromatic rings. The number of nitrogens with one attached hydrogen (secondary N) is 2. The Morgan fingerprint density at radius 1 is 1.64 bits per heavy atom. The smallest absolute Gasteiger partial charge is 0.105 e. The highest BCUT2D eigenvalue weighted by Crippen LogP contribution is 2.05.